The van der Waals surface area contributed by atoms with E-state index in [9.17, 15) is 4.79 Å². The molecule has 0 radical (unpaired) electrons. The zero-order valence-corrected chi connectivity index (χ0v) is 10.4. The number of carbonyl (C=O) groups excluding carboxylic acids is 1. The molecule has 0 saturated carbocycles. The van der Waals surface area contributed by atoms with Crippen LogP contribution in [0.1, 0.15) is 5.56 Å². The first-order valence-corrected chi connectivity index (χ1v) is 5.88. The van der Waals surface area contributed by atoms with E-state index in [2.05, 4.69) is 22.2 Å². The number of amides is 1. The van der Waals surface area contributed by atoms with Crippen LogP contribution in [-0.2, 0) is 4.79 Å². The maximum atomic E-state index is 10.4. The molecule has 0 fully saturated rings. The quantitative estimate of drug-likeness (QED) is 0.727. The summed E-state index contributed by atoms with van der Waals surface area (Å²) in [5, 5.41) is 2.54. The molecule has 0 aromatic carbocycles. The lowest BCUT2D eigenvalue weighted by Crippen LogP contribution is -1.92. The Kier molecular flexibility index (Phi) is 2.72. The van der Waals surface area contributed by atoms with Crippen LogP contribution in [0.5, 0.6) is 0 Å². The maximum absolute atomic E-state index is 10.4. The molecule has 0 saturated heterocycles. The lowest BCUT2D eigenvalue weighted by Gasteiger charge is -2.05. The molecule has 3 rings (SSSR count). The number of nitrogens with zero attached hydrogens (tertiary/aromatic N) is 3. The summed E-state index contributed by atoms with van der Waals surface area (Å²) in [5.41, 5.74) is 4.10. The molecule has 0 bridgehead atoms. The van der Waals surface area contributed by atoms with Crippen LogP contribution >= 0.6 is 0 Å². The average molecular weight is 252 g/mol. The number of rotatable bonds is 3. The normalized spacial score (nSPS) is 10.6. The molecule has 0 atom stereocenters. The van der Waals surface area contributed by atoms with Crippen molar-refractivity contribution in [3.05, 3.63) is 48.5 Å². The Hall–Kier alpha value is -2.69. The smallest absolute Gasteiger partial charge is 0.212 e. The van der Waals surface area contributed by atoms with Crippen LogP contribution in [0.25, 0.3) is 16.8 Å². The minimum atomic E-state index is 0.537. The molecule has 5 heteroatoms. The highest BCUT2D eigenvalue weighted by Crippen LogP contribution is 2.23. The van der Waals surface area contributed by atoms with Crippen molar-refractivity contribution in [1.29, 1.82) is 0 Å². The fourth-order valence-electron chi connectivity index (χ4n) is 2.05. The molecule has 5 nitrogen and oxygen atoms in total. The van der Waals surface area contributed by atoms with Crippen LogP contribution in [0.15, 0.2) is 43.0 Å². The number of anilines is 1. The van der Waals surface area contributed by atoms with Gasteiger partial charge in [0.05, 0.1) is 6.20 Å². The first kappa shape index (κ1) is 11.4. The molecule has 0 aliphatic heterocycles. The summed E-state index contributed by atoms with van der Waals surface area (Å²) in [6, 6.07) is 5.89. The standard InChI is InChI=1S/C14H12N4O/c1-10-4-5-15-6-12(10)11-2-3-14-17-13(16-9-19)8-18(14)7-11/h2-9H,1H3,(H,16,19). The highest BCUT2D eigenvalue weighted by atomic mass is 16.1. The molecular weight excluding hydrogens is 240 g/mol. The second-order valence-electron chi connectivity index (χ2n) is 4.26. The van der Waals surface area contributed by atoms with Gasteiger partial charge in [-0.2, -0.15) is 0 Å². The van der Waals surface area contributed by atoms with Crippen LogP contribution in [0.2, 0.25) is 0 Å². The van der Waals surface area contributed by atoms with Crippen molar-refractivity contribution in [1.82, 2.24) is 14.4 Å². The van der Waals surface area contributed by atoms with Crippen molar-refractivity contribution >= 4 is 17.9 Å². The van der Waals surface area contributed by atoms with Gasteiger partial charge in [0.2, 0.25) is 6.41 Å². The molecular formula is C14H12N4O. The van der Waals surface area contributed by atoms with Gasteiger partial charge in [0.1, 0.15) is 5.65 Å². The van der Waals surface area contributed by atoms with Crippen LogP contribution in [0.4, 0.5) is 5.82 Å². The monoisotopic (exact) mass is 252 g/mol. The molecule has 19 heavy (non-hydrogen) atoms. The molecule has 94 valence electrons. The third kappa shape index (κ3) is 2.06. The van der Waals surface area contributed by atoms with Crippen molar-refractivity contribution in [3.8, 4) is 11.1 Å². The molecule has 0 spiro atoms. The predicted octanol–water partition coefficient (Wildman–Crippen LogP) is 2.27. The number of hydrogen-bond acceptors (Lipinski definition) is 3. The van der Waals surface area contributed by atoms with Gasteiger partial charge in [-0.3, -0.25) is 9.78 Å². The first-order valence-electron chi connectivity index (χ1n) is 5.88. The van der Waals surface area contributed by atoms with Gasteiger partial charge in [-0.1, -0.05) is 0 Å². The third-order valence-electron chi connectivity index (χ3n) is 3.01. The van der Waals surface area contributed by atoms with E-state index in [4.69, 9.17) is 0 Å². The third-order valence-corrected chi connectivity index (χ3v) is 3.01. The fraction of sp³-hybridized carbons (Fsp3) is 0.0714. The van der Waals surface area contributed by atoms with Gasteiger partial charge in [0.15, 0.2) is 5.82 Å². The van der Waals surface area contributed by atoms with E-state index in [-0.39, 0.29) is 0 Å². The first-order chi connectivity index (χ1) is 9.28. The highest BCUT2D eigenvalue weighted by Gasteiger charge is 2.05. The van der Waals surface area contributed by atoms with E-state index < -0.39 is 0 Å². The maximum Gasteiger partial charge on any atom is 0.212 e. The molecule has 3 heterocycles. The lowest BCUT2D eigenvalue weighted by atomic mass is 10.1. The van der Waals surface area contributed by atoms with E-state index in [1.54, 1.807) is 12.4 Å². The number of imidazole rings is 1. The minimum Gasteiger partial charge on any atom is -0.312 e. The lowest BCUT2D eigenvalue weighted by molar-refractivity contribution is -0.105. The van der Waals surface area contributed by atoms with Crippen molar-refractivity contribution in [2.75, 3.05) is 5.32 Å². The minimum absolute atomic E-state index is 0.537. The average Bonchev–Trinajstić information content (AvgIpc) is 2.81. The Morgan fingerprint density at radius 2 is 2.16 bits per heavy atom. The second-order valence-corrected chi connectivity index (χ2v) is 4.26. The molecule has 0 aliphatic carbocycles. The number of pyridine rings is 2. The van der Waals surface area contributed by atoms with Crippen LogP contribution in [0, 0.1) is 6.92 Å². The topological polar surface area (TPSA) is 59.3 Å². The van der Waals surface area contributed by atoms with Crippen LogP contribution < -0.4 is 5.32 Å². The zero-order valence-electron chi connectivity index (χ0n) is 10.4. The van der Waals surface area contributed by atoms with Crippen molar-refractivity contribution in [2.45, 2.75) is 6.92 Å². The number of aromatic nitrogens is 3. The van der Waals surface area contributed by atoms with E-state index in [0.29, 0.717) is 12.2 Å². The fourth-order valence-corrected chi connectivity index (χ4v) is 2.05. The molecule has 3 aromatic rings. The number of nitrogens with one attached hydrogen (secondary N) is 1. The van der Waals surface area contributed by atoms with E-state index >= 15 is 0 Å². The largest absolute Gasteiger partial charge is 0.312 e. The summed E-state index contributed by atoms with van der Waals surface area (Å²) in [4.78, 5) is 18.8. The predicted molar refractivity (Wildman–Crippen MR) is 72.8 cm³/mol. The van der Waals surface area contributed by atoms with Crippen molar-refractivity contribution in [2.24, 2.45) is 0 Å². The SMILES string of the molecule is Cc1ccncc1-c1ccc2nc(NC=O)cn2c1. The molecule has 3 aromatic heterocycles. The molecule has 0 aliphatic rings. The summed E-state index contributed by atoms with van der Waals surface area (Å²) in [6.45, 7) is 2.05. The summed E-state index contributed by atoms with van der Waals surface area (Å²) in [7, 11) is 0. The number of fused-ring (bicyclic) bond motifs is 1. The molecule has 0 unspecified atom stereocenters. The van der Waals surface area contributed by atoms with Crippen LogP contribution in [0.3, 0.4) is 0 Å². The van der Waals surface area contributed by atoms with E-state index in [1.807, 2.05) is 35.0 Å². The van der Waals surface area contributed by atoms with Gasteiger partial charge in [-0.25, -0.2) is 4.98 Å². The van der Waals surface area contributed by atoms with Crippen molar-refractivity contribution < 1.29 is 4.79 Å². The Bertz CT molecular complexity index is 748. The summed E-state index contributed by atoms with van der Waals surface area (Å²) in [5.74, 6) is 0.537. The molecule has 1 amide bonds. The van der Waals surface area contributed by atoms with E-state index in [1.165, 1.54) is 5.56 Å². The molecule has 1 N–H and O–H groups in total. The highest BCUT2D eigenvalue weighted by molar-refractivity contribution is 5.71. The van der Waals surface area contributed by atoms with Gasteiger partial charge in [-0.05, 0) is 30.7 Å². The van der Waals surface area contributed by atoms with Gasteiger partial charge >= 0.3 is 0 Å². The number of hydrogen-bond donors (Lipinski definition) is 1. The summed E-state index contributed by atoms with van der Waals surface area (Å²) >= 11 is 0. The number of carbonyl (C=O) groups is 1. The summed E-state index contributed by atoms with van der Waals surface area (Å²) < 4.78 is 1.88. The number of aryl methyl sites for hydroxylation is 1. The van der Waals surface area contributed by atoms with Gasteiger partial charge in [-0.15, -0.1) is 0 Å². The van der Waals surface area contributed by atoms with Gasteiger partial charge < -0.3 is 9.72 Å². The Morgan fingerprint density at radius 1 is 1.26 bits per heavy atom. The van der Waals surface area contributed by atoms with Crippen LogP contribution in [-0.4, -0.2) is 20.8 Å². The van der Waals surface area contributed by atoms with Gasteiger partial charge in [0, 0.05) is 29.7 Å². The zero-order chi connectivity index (χ0) is 13.2. The Labute approximate surface area is 109 Å². The van der Waals surface area contributed by atoms with Crippen molar-refractivity contribution in [3.63, 3.8) is 0 Å². The Morgan fingerprint density at radius 3 is 2.95 bits per heavy atom. The van der Waals surface area contributed by atoms with E-state index in [0.717, 1.165) is 16.8 Å². The summed E-state index contributed by atoms with van der Waals surface area (Å²) in [6.07, 6.45) is 7.99. The Balaban J connectivity index is 2.11. The second kappa shape index (κ2) is 4.53. The van der Waals surface area contributed by atoms with Gasteiger partial charge in [0.25, 0.3) is 0 Å².